The van der Waals surface area contributed by atoms with Crippen molar-refractivity contribution in [2.75, 3.05) is 0 Å². The van der Waals surface area contributed by atoms with Gasteiger partial charge in [-0.05, 0) is 77.2 Å². The number of hydrogen-bond acceptors (Lipinski definition) is 1. The number of nitrogens with zero attached hydrogens (tertiary/aromatic N) is 1. The fourth-order valence-corrected chi connectivity index (χ4v) is 4.93. The van der Waals surface area contributed by atoms with Gasteiger partial charge < -0.3 is 0 Å². The molecule has 2 aromatic heterocycles. The minimum atomic E-state index is 0.654. The van der Waals surface area contributed by atoms with Crippen LogP contribution >= 0.6 is 11.3 Å². The first kappa shape index (κ1) is 17.2. The van der Waals surface area contributed by atoms with Crippen molar-refractivity contribution < 1.29 is 4.57 Å². The van der Waals surface area contributed by atoms with E-state index in [0.29, 0.717) is 5.92 Å². The quantitative estimate of drug-likeness (QED) is 0.354. The fourth-order valence-electron chi connectivity index (χ4n) is 4.12. The molecule has 0 fully saturated rings. The Bertz CT molecular complexity index is 1090. The molecule has 0 unspecified atom stereocenters. The number of rotatable bonds is 4. The van der Waals surface area contributed by atoms with E-state index in [4.69, 9.17) is 0 Å². The SMILES string of the molecule is CCC(CC)c1ccc2c(-c3cc4sccc4cc3C)[n+](C)ccc2c1. The monoisotopic (exact) mass is 360 g/mol. The Morgan fingerprint density at radius 3 is 2.54 bits per heavy atom. The largest absolute Gasteiger partial charge is 0.220 e. The second-order valence-electron chi connectivity index (χ2n) is 7.26. The van der Waals surface area contributed by atoms with E-state index in [9.17, 15) is 0 Å². The minimum absolute atomic E-state index is 0.654. The number of pyridine rings is 1. The van der Waals surface area contributed by atoms with E-state index < -0.39 is 0 Å². The van der Waals surface area contributed by atoms with E-state index in [1.807, 2.05) is 11.3 Å². The summed E-state index contributed by atoms with van der Waals surface area (Å²) in [5, 5.41) is 6.20. The highest BCUT2D eigenvalue weighted by Gasteiger charge is 2.19. The molecule has 2 heterocycles. The maximum Gasteiger partial charge on any atom is 0.220 e. The van der Waals surface area contributed by atoms with Crippen LogP contribution in [-0.2, 0) is 7.05 Å². The van der Waals surface area contributed by atoms with E-state index in [2.05, 4.69) is 86.4 Å². The zero-order chi connectivity index (χ0) is 18.3. The summed E-state index contributed by atoms with van der Waals surface area (Å²) >= 11 is 1.82. The molecule has 0 aliphatic heterocycles. The molecule has 0 aliphatic carbocycles. The van der Waals surface area contributed by atoms with Crippen molar-refractivity contribution in [2.45, 2.75) is 39.5 Å². The Balaban J connectivity index is 1.96. The summed E-state index contributed by atoms with van der Waals surface area (Å²) in [5.41, 5.74) is 5.45. The smallest absolute Gasteiger partial charge is 0.200 e. The molecule has 0 saturated heterocycles. The summed E-state index contributed by atoms with van der Waals surface area (Å²) < 4.78 is 3.62. The number of benzene rings is 2. The molecule has 2 heteroatoms. The van der Waals surface area contributed by atoms with Crippen LogP contribution in [0.1, 0.15) is 43.7 Å². The standard InChI is InChI=1S/C24H26NS/c1-5-17(6-2)18-7-8-21-19(14-18)9-11-25(4)24(21)22-15-23-20(10-12-26-23)13-16(22)3/h7-15,17H,5-6H2,1-4H3/q+1. The number of aryl methyl sites for hydroxylation is 2. The molecule has 1 nitrogen and oxygen atoms in total. The minimum Gasteiger partial charge on any atom is -0.200 e. The van der Waals surface area contributed by atoms with Gasteiger partial charge in [-0.2, -0.15) is 0 Å². The van der Waals surface area contributed by atoms with Crippen molar-refractivity contribution in [2.24, 2.45) is 7.05 Å². The van der Waals surface area contributed by atoms with Gasteiger partial charge in [0.05, 0.1) is 10.9 Å². The topological polar surface area (TPSA) is 3.88 Å². The van der Waals surface area contributed by atoms with Crippen molar-refractivity contribution in [1.82, 2.24) is 0 Å². The fraction of sp³-hybridized carbons (Fsp3) is 0.292. The lowest BCUT2D eigenvalue weighted by molar-refractivity contribution is -0.659. The summed E-state index contributed by atoms with van der Waals surface area (Å²) in [6.45, 7) is 6.80. The molecule has 0 aliphatic rings. The van der Waals surface area contributed by atoms with Crippen LogP contribution in [0.5, 0.6) is 0 Å². The first-order valence-corrected chi connectivity index (χ1v) is 10.4. The third kappa shape index (κ3) is 2.83. The maximum atomic E-state index is 2.40. The lowest BCUT2D eigenvalue weighted by atomic mass is 9.91. The molecule has 0 amide bonds. The van der Waals surface area contributed by atoms with Crippen molar-refractivity contribution in [3.63, 3.8) is 0 Å². The van der Waals surface area contributed by atoms with Gasteiger partial charge in [0.2, 0.25) is 5.69 Å². The summed E-state index contributed by atoms with van der Waals surface area (Å²) in [6, 6.07) is 16.2. The normalized spacial score (nSPS) is 11.7. The molecular formula is C24H26NS+. The molecule has 0 spiro atoms. The lowest BCUT2D eigenvalue weighted by Crippen LogP contribution is -2.30. The van der Waals surface area contributed by atoms with Crippen LogP contribution in [0, 0.1) is 6.92 Å². The molecule has 26 heavy (non-hydrogen) atoms. The lowest BCUT2D eigenvalue weighted by Gasteiger charge is -2.14. The van der Waals surface area contributed by atoms with E-state index in [1.54, 1.807) is 0 Å². The first-order valence-electron chi connectivity index (χ1n) is 9.52. The Morgan fingerprint density at radius 1 is 0.962 bits per heavy atom. The molecule has 4 aromatic rings. The van der Waals surface area contributed by atoms with E-state index >= 15 is 0 Å². The second kappa shape index (κ2) is 6.85. The molecule has 0 N–H and O–H groups in total. The average Bonchev–Trinajstić information content (AvgIpc) is 3.09. The second-order valence-corrected chi connectivity index (χ2v) is 8.21. The molecule has 4 rings (SSSR count). The van der Waals surface area contributed by atoms with Gasteiger partial charge in [0.1, 0.15) is 7.05 Å². The van der Waals surface area contributed by atoms with Crippen LogP contribution in [0.4, 0.5) is 0 Å². The van der Waals surface area contributed by atoms with Crippen LogP contribution in [0.25, 0.3) is 32.1 Å². The summed E-state index contributed by atoms with van der Waals surface area (Å²) in [6.07, 6.45) is 4.60. The molecule has 0 atom stereocenters. The number of fused-ring (bicyclic) bond motifs is 2. The predicted octanol–water partition coefficient (Wildman–Crippen LogP) is 6.76. The van der Waals surface area contributed by atoms with Crippen molar-refractivity contribution >= 4 is 32.2 Å². The third-order valence-corrected chi connectivity index (χ3v) is 6.55. The van der Waals surface area contributed by atoms with Crippen molar-refractivity contribution in [1.29, 1.82) is 0 Å². The van der Waals surface area contributed by atoms with Gasteiger partial charge in [0.25, 0.3) is 0 Å². The summed E-state index contributed by atoms with van der Waals surface area (Å²) in [4.78, 5) is 0. The predicted molar refractivity (Wildman–Crippen MR) is 114 cm³/mol. The number of hydrogen-bond donors (Lipinski definition) is 0. The van der Waals surface area contributed by atoms with Crippen LogP contribution in [0.15, 0.2) is 54.0 Å². The van der Waals surface area contributed by atoms with Crippen molar-refractivity contribution in [3.8, 4) is 11.3 Å². The molecule has 132 valence electrons. The third-order valence-electron chi connectivity index (χ3n) is 5.67. The van der Waals surface area contributed by atoms with Gasteiger partial charge in [0.15, 0.2) is 6.20 Å². The highest BCUT2D eigenvalue weighted by molar-refractivity contribution is 7.17. The van der Waals surface area contributed by atoms with Crippen LogP contribution in [0.2, 0.25) is 0 Å². The average molecular weight is 361 g/mol. The van der Waals surface area contributed by atoms with Gasteiger partial charge in [-0.25, -0.2) is 4.57 Å². The molecule has 0 saturated carbocycles. The Morgan fingerprint density at radius 2 is 1.77 bits per heavy atom. The van der Waals surface area contributed by atoms with Gasteiger partial charge in [-0.1, -0.05) is 26.0 Å². The van der Waals surface area contributed by atoms with E-state index in [0.717, 1.165) is 0 Å². The van der Waals surface area contributed by atoms with Crippen LogP contribution in [0.3, 0.4) is 0 Å². The zero-order valence-corrected chi connectivity index (χ0v) is 16.9. The van der Waals surface area contributed by atoms with Crippen LogP contribution < -0.4 is 4.57 Å². The van der Waals surface area contributed by atoms with Gasteiger partial charge >= 0.3 is 0 Å². The molecular weight excluding hydrogens is 334 g/mol. The summed E-state index contributed by atoms with van der Waals surface area (Å²) in [7, 11) is 2.15. The van der Waals surface area contributed by atoms with E-state index in [-0.39, 0.29) is 0 Å². The van der Waals surface area contributed by atoms with Crippen LogP contribution in [-0.4, -0.2) is 0 Å². The Labute approximate surface area is 159 Å². The Hall–Kier alpha value is -2.19. The van der Waals surface area contributed by atoms with Gasteiger partial charge in [-0.3, -0.25) is 0 Å². The first-order chi connectivity index (χ1) is 12.6. The summed E-state index contributed by atoms with van der Waals surface area (Å²) in [5.74, 6) is 0.654. The maximum absolute atomic E-state index is 2.40. The number of aromatic nitrogens is 1. The highest BCUT2D eigenvalue weighted by Crippen LogP contribution is 2.34. The molecule has 0 radical (unpaired) electrons. The Kier molecular flexibility index (Phi) is 4.54. The van der Waals surface area contributed by atoms with Gasteiger partial charge in [-0.15, -0.1) is 11.3 Å². The molecule has 0 bridgehead atoms. The zero-order valence-electron chi connectivity index (χ0n) is 16.0. The van der Waals surface area contributed by atoms with E-state index in [1.165, 1.54) is 56.1 Å². The highest BCUT2D eigenvalue weighted by atomic mass is 32.1. The van der Waals surface area contributed by atoms with Gasteiger partial charge in [0, 0.05) is 10.8 Å². The molecule has 2 aromatic carbocycles. The van der Waals surface area contributed by atoms with Crippen molar-refractivity contribution in [3.05, 3.63) is 65.2 Å². The number of thiophene rings is 1.